The monoisotopic (exact) mass is 397 g/mol. The van der Waals surface area contributed by atoms with Crippen LogP contribution in [-0.4, -0.2) is 31.8 Å². The first-order valence-corrected chi connectivity index (χ1v) is 8.86. The van der Waals surface area contributed by atoms with Crippen molar-refractivity contribution in [2.45, 2.75) is 46.0 Å². The molecule has 0 saturated carbocycles. The van der Waals surface area contributed by atoms with Gasteiger partial charge in [0.2, 0.25) is 0 Å². The summed E-state index contributed by atoms with van der Waals surface area (Å²) in [6.07, 6.45) is 5.43. The van der Waals surface area contributed by atoms with E-state index in [0.29, 0.717) is 23.1 Å². The van der Waals surface area contributed by atoms with Crippen molar-refractivity contribution < 1.29 is 22.3 Å². The standard InChI is InChI=1S/C22H27F4NO/c1-8-14(3)10-19-16(5)17(6)20(22(25,26)21(19,23)24)11-15(4)18(13-28-7)12-27-9-2/h9-12H,3,5,8,13H2,1-2,4,6-7H3/b15-11+,18-12+,19-10+,27-9?. The molecule has 0 amide bonds. The van der Waals surface area contributed by atoms with E-state index >= 15 is 0 Å². The molecular weight excluding hydrogens is 370 g/mol. The number of hydrogen-bond donors (Lipinski definition) is 0. The molecule has 0 saturated heterocycles. The summed E-state index contributed by atoms with van der Waals surface area (Å²) in [5, 5.41) is 0. The van der Waals surface area contributed by atoms with Gasteiger partial charge < -0.3 is 4.74 Å². The molecule has 0 aliphatic heterocycles. The molecule has 0 spiro atoms. The molecule has 0 aromatic rings. The fourth-order valence-electron chi connectivity index (χ4n) is 2.69. The van der Waals surface area contributed by atoms with Crippen molar-refractivity contribution in [3.05, 3.63) is 70.5 Å². The average molecular weight is 397 g/mol. The van der Waals surface area contributed by atoms with E-state index in [-0.39, 0.29) is 17.8 Å². The summed E-state index contributed by atoms with van der Waals surface area (Å²) in [6.45, 7) is 13.7. The van der Waals surface area contributed by atoms with Gasteiger partial charge in [-0.1, -0.05) is 25.7 Å². The third-order valence-electron chi connectivity index (χ3n) is 4.60. The highest BCUT2D eigenvalue weighted by Crippen LogP contribution is 2.54. The summed E-state index contributed by atoms with van der Waals surface area (Å²) >= 11 is 0. The number of allylic oxidation sites excluding steroid dienone is 7. The zero-order chi connectivity index (χ0) is 21.7. The fourth-order valence-corrected chi connectivity index (χ4v) is 2.69. The minimum atomic E-state index is -4.40. The highest BCUT2D eigenvalue weighted by Gasteiger charge is 2.63. The van der Waals surface area contributed by atoms with E-state index in [1.54, 1.807) is 20.8 Å². The lowest BCUT2D eigenvalue weighted by molar-refractivity contribution is -0.160. The smallest absolute Gasteiger partial charge is 0.340 e. The number of aliphatic imine (C=N–C) groups is 1. The van der Waals surface area contributed by atoms with Gasteiger partial charge in [0.25, 0.3) is 0 Å². The summed E-state index contributed by atoms with van der Waals surface area (Å²) < 4.78 is 64.4. The molecule has 28 heavy (non-hydrogen) atoms. The first kappa shape index (κ1) is 23.8. The zero-order valence-corrected chi connectivity index (χ0v) is 17.0. The predicted octanol–water partition coefficient (Wildman–Crippen LogP) is 6.60. The lowest BCUT2D eigenvalue weighted by Crippen LogP contribution is -2.47. The van der Waals surface area contributed by atoms with Crippen molar-refractivity contribution in [1.82, 2.24) is 0 Å². The third-order valence-corrected chi connectivity index (χ3v) is 4.60. The SMILES string of the molecule is C=C(/C=C1\C(=C)C(C)=C(/C=C(C)/C(=C/N=CC)COC)C(F)(F)C1(F)F)CC. The van der Waals surface area contributed by atoms with Crippen LogP contribution in [-0.2, 0) is 4.74 Å². The summed E-state index contributed by atoms with van der Waals surface area (Å²) in [4.78, 5) is 3.96. The van der Waals surface area contributed by atoms with Crippen LogP contribution in [0.5, 0.6) is 0 Å². The molecule has 1 aliphatic carbocycles. The van der Waals surface area contributed by atoms with E-state index in [1.165, 1.54) is 26.4 Å². The Hall–Kier alpha value is -2.21. The van der Waals surface area contributed by atoms with Gasteiger partial charge in [0.15, 0.2) is 0 Å². The second-order valence-electron chi connectivity index (χ2n) is 6.56. The van der Waals surface area contributed by atoms with Gasteiger partial charge >= 0.3 is 11.8 Å². The Bertz CT molecular complexity index is 795. The van der Waals surface area contributed by atoms with E-state index < -0.39 is 23.0 Å². The Labute approximate surface area is 164 Å². The number of methoxy groups -OCH3 is 1. The van der Waals surface area contributed by atoms with Crippen LogP contribution in [0.25, 0.3) is 0 Å². The number of alkyl halides is 4. The maximum absolute atomic E-state index is 14.9. The van der Waals surface area contributed by atoms with Gasteiger partial charge in [-0.2, -0.15) is 17.6 Å². The average Bonchev–Trinajstić information content (AvgIpc) is 2.64. The second kappa shape index (κ2) is 9.32. The maximum Gasteiger partial charge on any atom is 0.340 e. The molecule has 0 heterocycles. The lowest BCUT2D eigenvalue weighted by atomic mass is 9.78. The molecule has 1 aliphatic rings. The summed E-state index contributed by atoms with van der Waals surface area (Å²) in [5.74, 6) is -8.80. The summed E-state index contributed by atoms with van der Waals surface area (Å²) in [6, 6.07) is 0. The number of nitrogens with zero attached hydrogens (tertiary/aromatic N) is 1. The normalized spacial score (nSPS) is 21.8. The Morgan fingerprint density at radius 3 is 2.32 bits per heavy atom. The first-order chi connectivity index (χ1) is 12.9. The van der Waals surface area contributed by atoms with Crippen LogP contribution in [0.1, 0.15) is 34.1 Å². The minimum absolute atomic E-state index is 0.0150. The minimum Gasteiger partial charge on any atom is -0.380 e. The molecule has 0 radical (unpaired) electrons. The molecular formula is C22H27F4NO. The highest BCUT2D eigenvalue weighted by atomic mass is 19.3. The molecule has 0 bridgehead atoms. The van der Waals surface area contributed by atoms with Crippen LogP contribution in [0.15, 0.2) is 75.5 Å². The van der Waals surface area contributed by atoms with E-state index in [1.807, 2.05) is 0 Å². The molecule has 2 nitrogen and oxygen atoms in total. The van der Waals surface area contributed by atoms with Gasteiger partial charge in [-0.25, -0.2) is 0 Å². The van der Waals surface area contributed by atoms with Gasteiger partial charge in [-0.15, -0.1) is 0 Å². The van der Waals surface area contributed by atoms with Crippen LogP contribution in [0.3, 0.4) is 0 Å². The van der Waals surface area contributed by atoms with Crippen molar-refractivity contribution >= 4 is 6.21 Å². The Morgan fingerprint density at radius 1 is 1.21 bits per heavy atom. The van der Waals surface area contributed by atoms with E-state index in [2.05, 4.69) is 18.2 Å². The van der Waals surface area contributed by atoms with Crippen molar-refractivity contribution in [2.24, 2.45) is 4.99 Å². The largest absolute Gasteiger partial charge is 0.380 e. The second-order valence-corrected chi connectivity index (χ2v) is 6.56. The van der Waals surface area contributed by atoms with Crippen molar-refractivity contribution in [3.63, 3.8) is 0 Å². The van der Waals surface area contributed by atoms with Crippen molar-refractivity contribution in [3.8, 4) is 0 Å². The quantitative estimate of drug-likeness (QED) is 0.269. The third kappa shape index (κ3) is 4.61. The van der Waals surface area contributed by atoms with Gasteiger partial charge in [-0.05, 0) is 61.6 Å². The number of halogens is 4. The lowest BCUT2D eigenvalue weighted by Gasteiger charge is -2.37. The molecule has 6 heteroatoms. The van der Waals surface area contributed by atoms with Gasteiger partial charge in [-0.3, -0.25) is 4.99 Å². The van der Waals surface area contributed by atoms with E-state index in [9.17, 15) is 17.6 Å². The Kier molecular flexibility index (Phi) is 7.94. The molecule has 0 fully saturated rings. The zero-order valence-electron chi connectivity index (χ0n) is 17.0. The molecule has 0 aromatic carbocycles. The summed E-state index contributed by atoms with van der Waals surface area (Å²) in [7, 11) is 1.45. The van der Waals surface area contributed by atoms with Crippen molar-refractivity contribution in [2.75, 3.05) is 13.7 Å². The van der Waals surface area contributed by atoms with Gasteiger partial charge in [0, 0.05) is 30.7 Å². The molecule has 0 N–H and O–H groups in total. The topological polar surface area (TPSA) is 21.6 Å². The van der Waals surface area contributed by atoms with Crippen LogP contribution >= 0.6 is 0 Å². The maximum atomic E-state index is 14.9. The number of rotatable bonds is 7. The van der Waals surface area contributed by atoms with E-state index in [4.69, 9.17) is 4.74 Å². The van der Waals surface area contributed by atoms with Crippen molar-refractivity contribution in [1.29, 1.82) is 0 Å². The number of ether oxygens (including phenoxy) is 1. The number of hydrogen-bond acceptors (Lipinski definition) is 2. The molecule has 0 atom stereocenters. The molecule has 0 aromatic heterocycles. The predicted molar refractivity (Wildman–Crippen MR) is 107 cm³/mol. The van der Waals surface area contributed by atoms with Gasteiger partial charge in [0.1, 0.15) is 0 Å². The Morgan fingerprint density at radius 2 is 1.82 bits per heavy atom. The van der Waals surface area contributed by atoms with Crippen LogP contribution in [0.4, 0.5) is 17.6 Å². The van der Waals surface area contributed by atoms with Gasteiger partial charge in [0.05, 0.1) is 6.61 Å². The molecule has 0 unspecified atom stereocenters. The van der Waals surface area contributed by atoms with Crippen LogP contribution in [0, 0.1) is 0 Å². The fraction of sp³-hybridized carbons (Fsp3) is 0.409. The molecule has 1 rings (SSSR count). The van der Waals surface area contributed by atoms with E-state index in [0.717, 1.165) is 12.2 Å². The first-order valence-electron chi connectivity index (χ1n) is 8.86. The van der Waals surface area contributed by atoms with Crippen LogP contribution < -0.4 is 0 Å². The van der Waals surface area contributed by atoms with Crippen LogP contribution in [0.2, 0.25) is 0 Å². The Balaban J connectivity index is 3.64. The highest BCUT2D eigenvalue weighted by molar-refractivity contribution is 5.62. The summed E-state index contributed by atoms with van der Waals surface area (Å²) in [5.41, 5.74) is -0.463. The molecule has 154 valence electrons.